The number of carbonyl (C=O) groups is 1. The fraction of sp³-hybridized carbons (Fsp3) is 0.750. The van der Waals surface area contributed by atoms with E-state index < -0.39 is 18.7 Å². The summed E-state index contributed by atoms with van der Waals surface area (Å²) in [5.74, 6) is 0. The number of hydrogen-bond donors (Lipinski definition) is 0. The topological polar surface area (TPSA) is 37.4 Å². The Balaban J connectivity index is 4.14. The molecule has 0 rings (SSSR count). The molecular formula is C4H10INO2. The molecule has 0 aromatic carbocycles. The van der Waals surface area contributed by atoms with E-state index in [1.54, 1.807) is 14.1 Å². The predicted octanol–water partition coefficient (Wildman–Crippen LogP) is 0.671. The number of alkyl halides is 1. The van der Waals surface area contributed by atoms with Gasteiger partial charge in [-0.1, -0.05) is 0 Å². The van der Waals surface area contributed by atoms with Crippen LogP contribution < -0.4 is 0 Å². The van der Waals surface area contributed by atoms with Crippen LogP contribution in [0.4, 0.5) is 0 Å². The Labute approximate surface area is 53.3 Å². The number of hydrogen-bond acceptors (Lipinski definition) is 2. The van der Waals surface area contributed by atoms with Crippen LogP contribution in [0.1, 0.15) is 0 Å². The van der Waals surface area contributed by atoms with Crippen molar-refractivity contribution in [2.45, 2.75) is 0 Å². The summed E-state index contributed by atoms with van der Waals surface area (Å²) in [6.07, 6.45) is 0. The number of carbonyl (C=O) groups excluding carboxylic acids is 1. The van der Waals surface area contributed by atoms with Crippen LogP contribution in [0.15, 0.2) is 0 Å². The van der Waals surface area contributed by atoms with Gasteiger partial charge in [-0.15, -0.1) is 0 Å². The van der Waals surface area contributed by atoms with Gasteiger partial charge < -0.3 is 0 Å². The number of rotatable bonds is 2. The average Bonchev–Trinajstić information content (AvgIpc) is 1.67. The summed E-state index contributed by atoms with van der Waals surface area (Å²) in [4.78, 5) is 11.5. The van der Waals surface area contributed by atoms with Crippen molar-refractivity contribution in [3.05, 3.63) is 0 Å². The van der Waals surface area contributed by atoms with Crippen LogP contribution in [0.3, 0.4) is 0 Å². The zero-order chi connectivity index (χ0) is 6.78. The van der Waals surface area contributed by atoms with Crippen molar-refractivity contribution in [2.24, 2.45) is 0 Å². The summed E-state index contributed by atoms with van der Waals surface area (Å²) in [7, 11) is 3.30. The first-order valence-electron chi connectivity index (χ1n) is 2.05. The van der Waals surface area contributed by atoms with Gasteiger partial charge in [0.15, 0.2) is 0 Å². The molecule has 0 heterocycles. The van der Waals surface area contributed by atoms with Crippen LogP contribution in [0, 0.1) is 0 Å². The molecule has 0 aliphatic heterocycles. The maximum atomic E-state index is 10.9. The maximum absolute atomic E-state index is 10.9. The van der Waals surface area contributed by atoms with Gasteiger partial charge >= 0.3 is 53.0 Å². The standard InChI is InChI=1S/C4H10INO2/c1-5(8,4-7)6(2)3/h4H,1-3H3. The van der Waals surface area contributed by atoms with Gasteiger partial charge in [-0.2, -0.15) is 0 Å². The molecule has 0 aliphatic carbocycles. The Morgan fingerprint density at radius 3 is 1.88 bits per heavy atom. The van der Waals surface area contributed by atoms with E-state index in [9.17, 15) is 7.86 Å². The van der Waals surface area contributed by atoms with Crippen LogP contribution in [0.2, 0.25) is 0 Å². The Kier molecular flexibility index (Phi) is 2.68. The summed E-state index contributed by atoms with van der Waals surface area (Å²) in [6, 6.07) is 0. The second-order valence-corrected chi connectivity index (χ2v) is 8.66. The van der Waals surface area contributed by atoms with E-state index in [0.717, 1.165) is 0 Å². The molecule has 0 N–H and O–H groups in total. The third kappa shape index (κ3) is 1.95. The van der Waals surface area contributed by atoms with E-state index in [4.69, 9.17) is 0 Å². The van der Waals surface area contributed by atoms with Gasteiger partial charge in [0.05, 0.1) is 0 Å². The molecule has 0 saturated carbocycles. The second-order valence-electron chi connectivity index (χ2n) is 1.67. The molecule has 1 unspecified atom stereocenters. The summed E-state index contributed by atoms with van der Waals surface area (Å²) >= 11 is -3.24. The SMILES string of the molecule is CN(C)I(C)(=O)C=O. The van der Waals surface area contributed by atoms with Crippen molar-refractivity contribution in [3.8, 4) is 0 Å². The van der Waals surface area contributed by atoms with Crippen LogP contribution in [0.5, 0.6) is 0 Å². The first kappa shape index (κ1) is 8.16. The van der Waals surface area contributed by atoms with E-state index in [-0.39, 0.29) is 0 Å². The number of nitrogens with zero attached hydrogens (tertiary/aromatic N) is 1. The van der Waals surface area contributed by atoms with Crippen molar-refractivity contribution in [1.29, 1.82) is 0 Å². The molecular weight excluding hydrogens is 221 g/mol. The van der Waals surface area contributed by atoms with Crippen molar-refractivity contribution in [1.82, 2.24) is 3.11 Å². The molecule has 1 atom stereocenters. The molecule has 4 heteroatoms. The van der Waals surface area contributed by atoms with Gasteiger partial charge in [0.25, 0.3) is 0 Å². The summed E-state index contributed by atoms with van der Waals surface area (Å²) in [5, 5.41) is 0. The van der Waals surface area contributed by atoms with Gasteiger partial charge in [-0.25, -0.2) is 0 Å². The Bertz CT molecular complexity index is 132. The fourth-order valence-corrected chi connectivity index (χ4v) is 0.535. The van der Waals surface area contributed by atoms with Crippen molar-refractivity contribution >= 4 is 23.0 Å². The molecule has 0 fully saturated rings. The molecule has 3 nitrogen and oxygen atoms in total. The number of halogens is 1. The second kappa shape index (κ2) is 2.63. The van der Waals surface area contributed by atoms with Crippen molar-refractivity contribution in [3.63, 3.8) is 0 Å². The minimum atomic E-state index is -3.24. The van der Waals surface area contributed by atoms with Crippen LogP contribution in [-0.2, 0) is 7.86 Å². The zero-order valence-corrected chi connectivity index (χ0v) is 7.38. The molecule has 0 saturated heterocycles. The normalized spacial score (nSPS) is 22.0. The molecule has 0 bridgehead atoms. The molecule has 50 valence electrons. The van der Waals surface area contributed by atoms with E-state index in [0.29, 0.717) is 4.29 Å². The Hall–Kier alpha value is 0.160. The molecule has 0 amide bonds. The van der Waals surface area contributed by atoms with Gasteiger partial charge in [0.2, 0.25) is 0 Å². The van der Waals surface area contributed by atoms with Crippen LogP contribution >= 0.6 is 18.7 Å². The third-order valence-corrected chi connectivity index (χ3v) is 5.61. The van der Waals surface area contributed by atoms with Gasteiger partial charge in [-0.05, 0) is 0 Å². The average molecular weight is 231 g/mol. The molecule has 0 aromatic rings. The molecule has 0 aromatic heterocycles. The van der Waals surface area contributed by atoms with Gasteiger partial charge in [0.1, 0.15) is 0 Å². The Morgan fingerprint density at radius 2 is 1.88 bits per heavy atom. The van der Waals surface area contributed by atoms with Gasteiger partial charge in [0, 0.05) is 0 Å². The van der Waals surface area contributed by atoms with Crippen molar-refractivity contribution < 1.29 is 7.86 Å². The van der Waals surface area contributed by atoms with Crippen LogP contribution in [0.25, 0.3) is 0 Å². The molecule has 8 heavy (non-hydrogen) atoms. The quantitative estimate of drug-likeness (QED) is 0.230. The minimum absolute atomic E-state index is 0.562. The molecule has 0 aliphatic rings. The first-order chi connectivity index (χ1) is 3.50. The van der Waals surface area contributed by atoms with E-state index in [1.165, 1.54) is 8.04 Å². The van der Waals surface area contributed by atoms with E-state index in [2.05, 4.69) is 0 Å². The summed E-state index contributed by atoms with van der Waals surface area (Å²) in [6.45, 7) is 0. The van der Waals surface area contributed by atoms with E-state index >= 15 is 0 Å². The van der Waals surface area contributed by atoms with Crippen LogP contribution in [-0.4, -0.2) is 26.4 Å². The van der Waals surface area contributed by atoms with Gasteiger partial charge in [-0.3, -0.25) is 0 Å². The monoisotopic (exact) mass is 231 g/mol. The molecule has 0 spiro atoms. The molecule has 0 radical (unpaired) electrons. The fourth-order valence-electron chi connectivity index (χ4n) is 0.0797. The zero-order valence-electron chi connectivity index (χ0n) is 5.22. The Morgan fingerprint density at radius 1 is 1.50 bits per heavy atom. The van der Waals surface area contributed by atoms with E-state index in [1.807, 2.05) is 0 Å². The summed E-state index contributed by atoms with van der Waals surface area (Å²) < 4.78 is 13.0. The summed E-state index contributed by atoms with van der Waals surface area (Å²) in [5.41, 5.74) is 0. The first-order valence-corrected chi connectivity index (χ1v) is 7.30. The van der Waals surface area contributed by atoms with Crippen molar-refractivity contribution in [2.75, 3.05) is 19.0 Å². The third-order valence-electron chi connectivity index (χ3n) is 0.837. The predicted molar refractivity (Wildman–Crippen MR) is 41.1 cm³/mol.